The van der Waals surface area contributed by atoms with Gasteiger partial charge in [0.2, 0.25) is 0 Å². The summed E-state index contributed by atoms with van der Waals surface area (Å²) in [5, 5.41) is -0.407. The van der Waals surface area contributed by atoms with E-state index in [2.05, 4.69) is 0 Å². The number of sulfone groups is 1. The molecule has 1 aromatic carbocycles. The molecule has 0 bridgehead atoms. The van der Waals surface area contributed by atoms with Gasteiger partial charge in [0.25, 0.3) is 5.91 Å². The molecular formula is C12H15NO3S. The zero-order valence-electron chi connectivity index (χ0n) is 9.67. The molecule has 0 aliphatic carbocycles. The van der Waals surface area contributed by atoms with Gasteiger partial charge in [0.05, 0.1) is 5.25 Å². The lowest BCUT2D eigenvalue weighted by Gasteiger charge is -2.16. The molecule has 1 aliphatic rings. The predicted octanol–water partition coefficient (Wildman–Crippen LogP) is 0.946. The summed E-state index contributed by atoms with van der Waals surface area (Å²) in [7, 11) is -3.05. The van der Waals surface area contributed by atoms with E-state index < -0.39 is 15.1 Å². The Morgan fingerprint density at radius 2 is 1.94 bits per heavy atom. The van der Waals surface area contributed by atoms with E-state index in [1.54, 1.807) is 29.2 Å². The summed E-state index contributed by atoms with van der Waals surface area (Å²) in [6.07, 6.45) is 1.77. The molecule has 1 atom stereocenters. The minimum Gasteiger partial charge on any atom is -0.337 e. The van der Waals surface area contributed by atoms with Gasteiger partial charge in [-0.3, -0.25) is 4.79 Å². The second-order valence-corrected chi connectivity index (χ2v) is 6.68. The second kappa shape index (κ2) is 4.49. The molecule has 92 valence electrons. The summed E-state index contributed by atoms with van der Waals surface area (Å²) >= 11 is 0. The fraction of sp³-hybridized carbons (Fsp3) is 0.417. The highest BCUT2D eigenvalue weighted by atomic mass is 32.2. The van der Waals surface area contributed by atoms with Crippen LogP contribution in [0.2, 0.25) is 0 Å². The van der Waals surface area contributed by atoms with E-state index in [9.17, 15) is 13.2 Å². The Balaban J connectivity index is 2.10. The highest BCUT2D eigenvalue weighted by Gasteiger charge is 2.32. The molecule has 1 heterocycles. The van der Waals surface area contributed by atoms with E-state index >= 15 is 0 Å². The number of benzene rings is 1. The Labute approximate surface area is 101 Å². The molecule has 4 nitrogen and oxygen atoms in total. The molecule has 0 aromatic heterocycles. The summed E-state index contributed by atoms with van der Waals surface area (Å²) in [6, 6.07) is 8.95. The third-order valence-electron chi connectivity index (χ3n) is 3.06. The van der Waals surface area contributed by atoms with Crippen LogP contribution < -0.4 is 0 Å². The van der Waals surface area contributed by atoms with Crippen LogP contribution in [0.3, 0.4) is 0 Å². The maximum absolute atomic E-state index is 12.1. The molecule has 1 aromatic rings. The Bertz CT molecular complexity index is 510. The van der Waals surface area contributed by atoms with Gasteiger partial charge in [0.15, 0.2) is 9.84 Å². The van der Waals surface area contributed by atoms with Crippen molar-refractivity contribution in [2.24, 2.45) is 0 Å². The maximum atomic E-state index is 12.1. The van der Waals surface area contributed by atoms with Crippen LogP contribution >= 0.6 is 0 Å². The second-order valence-electron chi connectivity index (χ2n) is 4.36. The predicted molar refractivity (Wildman–Crippen MR) is 65.6 cm³/mol. The highest BCUT2D eigenvalue weighted by Crippen LogP contribution is 2.18. The van der Waals surface area contributed by atoms with Crippen LogP contribution in [0.1, 0.15) is 16.8 Å². The van der Waals surface area contributed by atoms with Crippen LogP contribution in [-0.2, 0) is 9.84 Å². The Kier molecular flexibility index (Phi) is 3.19. The molecule has 2 rings (SSSR count). The first-order valence-electron chi connectivity index (χ1n) is 5.51. The van der Waals surface area contributed by atoms with Crippen molar-refractivity contribution in [3.63, 3.8) is 0 Å². The van der Waals surface area contributed by atoms with Crippen molar-refractivity contribution in [1.29, 1.82) is 0 Å². The number of likely N-dealkylation sites (tertiary alicyclic amines) is 1. The number of nitrogens with zero attached hydrogens (tertiary/aromatic N) is 1. The van der Waals surface area contributed by atoms with Crippen molar-refractivity contribution in [2.75, 3.05) is 19.3 Å². The van der Waals surface area contributed by atoms with E-state index in [1.165, 1.54) is 6.26 Å². The van der Waals surface area contributed by atoms with Crippen LogP contribution in [-0.4, -0.2) is 43.8 Å². The summed E-state index contributed by atoms with van der Waals surface area (Å²) in [4.78, 5) is 13.7. The average Bonchev–Trinajstić information content (AvgIpc) is 2.78. The van der Waals surface area contributed by atoms with Crippen LogP contribution in [0.4, 0.5) is 0 Å². The van der Waals surface area contributed by atoms with Crippen molar-refractivity contribution < 1.29 is 13.2 Å². The van der Waals surface area contributed by atoms with Crippen molar-refractivity contribution in [2.45, 2.75) is 11.7 Å². The van der Waals surface area contributed by atoms with Crippen LogP contribution in [0, 0.1) is 0 Å². The van der Waals surface area contributed by atoms with Gasteiger partial charge in [-0.05, 0) is 18.6 Å². The number of carbonyl (C=O) groups is 1. The van der Waals surface area contributed by atoms with Crippen LogP contribution in [0.15, 0.2) is 30.3 Å². The zero-order valence-corrected chi connectivity index (χ0v) is 10.5. The quantitative estimate of drug-likeness (QED) is 0.788. The number of amides is 1. The molecule has 1 fully saturated rings. The third kappa shape index (κ3) is 2.66. The van der Waals surface area contributed by atoms with Crippen molar-refractivity contribution in [1.82, 2.24) is 4.90 Å². The summed E-state index contributed by atoms with van der Waals surface area (Å²) < 4.78 is 22.8. The van der Waals surface area contributed by atoms with Gasteiger partial charge in [-0.2, -0.15) is 0 Å². The van der Waals surface area contributed by atoms with Gasteiger partial charge in [0, 0.05) is 24.9 Å². The molecule has 0 radical (unpaired) electrons. The highest BCUT2D eigenvalue weighted by molar-refractivity contribution is 7.91. The standard InChI is InChI=1S/C12H15NO3S/c1-17(15,16)11-7-8-13(9-11)12(14)10-5-3-2-4-6-10/h2-6,11H,7-9H2,1H3/t11-/m0/s1. The molecular weight excluding hydrogens is 238 g/mol. The summed E-state index contributed by atoms with van der Waals surface area (Å²) in [5.74, 6) is -0.0863. The summed E-state index contributed by atoms with van der Waals surface area (Å²) in [6.45, 7) is 0.831. The van der Waals surface area contributed by atoms with Gasteiger partial charge in [0.1, 0.15) is 0 Å². The minimum absolute atomic E-state index is 0.0863. The first-order valence-corrected chi connectivity index (χ1v) is 7.47. The van der Waals surface area contributed by atoms with Gasteiger partial charge in [-0.15, -0.1) is 0 Å². The van der Waals surface area contributed by atoms with Gasteiger partial charge in [-0.1, -0.05) is 18.2 Å². The molecule has 0 spiro atoms. The van der Waals surface area contributed by atoms with Crippen LogP contribution in [0.5, 0.6) is 0 Å². The summed E-state index contributed by atoms with van der Waals surface area (Å²) in [5.41, 5.74) is 0.613. The van der Waals surface area contributed by atoms with Crippen molar-refractivity contribution in [3.05, 3.63) is 35.9 Å². The lowest BCUT2D eigenvalue weighted by atomic mass is 10.2. The topological polar surface area (TPSA) is 54.5 Å². The van der Waals surface area contributed by atoms with Crippen LogP contribution in [0.25, 0.3) is 0 Å². The van der Waals surface area contributed by atoms with Crippen molar-refractivity contribution >= 4 is 15.7 Å². The maximum Gasteiger partial charge on any atom is 0.253 e. The fourth-order valence-corrected chi connectivity index (χ4v) is 3.01. The monoisotopic (exact) mass is 253 g/mol. The molecule has 0 N–H and O–H groups in total. The molecule has 1 aliphatic heterocycles. The van der Waals surface area contributed by atoms with E-state index in [0.717, 1.165) is 0 Å². The largest absolute Gasteiger partial charge is 0.337 e. The Morgan fingerprint density at radius 3 is 2.47 bits per heavy atom. The lowest BCUT2D eigenvalue weighted by Crippen LogP contribution is -2.31. The first kappa shape index (κ1) is 12.1. The van der Waals surface area contributed by atoms with Gasteiger partial charge in [-0.25, -0.2) is 8.42 Å². The first-order chi connectivity index (χ1) is 7.98. The van der Waals surface area contributed by atoms with Gasteiger partial charge < -0.3 is 4.90 Å². The number of hydrogen-bond donors (Lipinski definition) is 0. The Hall–Kier alpha value is -1.36. The van der Waals surface area contributed by atoms with E-state index in [-0.39, 0.29) is 5.91 Å². The smallest absolute Gasteiger partial charge is 0.253 e. The number of rotatable bonds is 2. The molecule has 1 amide bonds. The molecule has 5 heteroatoms. The van der Waals surface area contributed by atoms with E-state index in [0.29, 0.717) is 25.1 Å². The zero-order chi connectivity index (χ0) is 12.5. The number of carbonyl (C=O) groups excluding carboxylic acids is 1. The molecule has 1 saturated heterocycles. The molecule has 0 saturated carbocycles. The normalized spacial score (nSPS) is 20.5. The SMILES string of the molecule is CS(=O)(=O)[C@H]1CCN(C(=O)c2ccccc2)C1. The molecule has 0 unspecified atom stereocenters. The Morgan fingerprint density at radius 1 is 1.29 bits per heavy atom. The van der Waals surface area contributed by atoms with E-state index in [1.807, 2.05) is 6.07 Å². The minimum atomic E-state index is -3.05. The van der Waals surface area contributed by atoms with E-state index in [4.69, 9.17) is 0 Å². The fourth-order valence-electron chi connectivity index (χ4n) is 2.03. The third-order valence-corrected chi connectivity index (χ3v) is 4.65. The molecule has 17 heavy (non-hydrogen) atoms. The van der Waals surface area contributed by atoms with Gasteiger partial charge >= 0.3 is 0 Å². The number of hydrogen-bond acceptors (Lipinski definition) is 3. The lowest BCUT2D eigenvalue weighted by molar-refractivity contribution is 0.0793. The van der Waals surface area contributed by atoms with Crippen molar-refractivity contribution in [3.8, 4) is 0 Å². The average molecular weight is 253 g/mol.